The number of carbonyl (C=O) groups is 2. The summed E-state index contributed by atoms with van der Waals surface area (Å²) in [6.07, 6.45) is 5.46. The highest BCUT2D eigenvalue weighted by Crippen LogP contribution is 2.29. The summed E-state index contributed by atoms with van der Waals surface area (Å²) < 4.78 is 7.36. The third kappa shape index (κ3) is 4.91. The Balaban J connectivity index is 1.21. The molecular formula is C25H28N4O3S. The molecule has 172 valence electrons. The molecule has 0 unspecified atom stereocenters. The van der Waals surface area contributed by atoms with Crippen LogP contribution in [0.3, 0.4) is 0 Å². The van der Waals surface area contributed by atoms with Gasteiger partial charge in [-0.1, -0.05) is 18.2 Å². The summed E-state index contributed by atoms with van der Waals surface area (Å²) >= 11 is 1.64. The fourth-order valence-electron chi connectivity index (χ4n) is 4.52. The van der Waals surface area contributed by atoms with E-state index in [1.165, 1.54) is 0 Å². The van der Waals surface area contributed by atoms with E-state index in [-0.39, 0.29) is 17.7 Å². The SMILES string of the molecule is O=C(c1ccccc1SCc1cn2ccccc2n1)N1CCC(C(=O)N2CCOCC2)CC1. The van der Waals surface area contributed by atoms with E-state index in [1.54, 1.807) is 11.8 Å². The maximum atomic E-state index is 13.3. The van der Waals surface area contributed by atoms with E-state index >= 15 is 0 Å². The molecule has 2 amide bonds. The number of thioether (sulfide) groups is 1. The van der Waals surface area contributed by atoms with E-state index < -0.39 is 0 Å². The van der Waals surface area contributed by atoms with Crippen molar-refractivity contribution in [2.24, 2.45) is 5.92 Å². The number of amides is 2. The molecule has 2 fully saturated rings. The predicted octanol–water partition coefficient (Wildman–Crippen LogP) is 3.34. The third-order valence-corrected chi connectivity index (χ3v) is 7.47. The minimum Gasteiger partial charge on any atom is -0.378 e. The molecule has 33 heavy (non-hydrogen) atoms. The van der Waals surface area contributed by atoms with Gasteiger partial charge in [0.1, 0.15) is 5.65 Å². The number of fused-ring (bicyclic) bond motifs is 1. The van der Waals surface area contributed by atoms with Crippen LogP contribution in [0, 0.1) is 5.92 Å². The lowest BCUT2D eigenvalue weighted by Gasteiger charge is -2.35. The Morgan fingerprint density at radius 3 is 2.52 bits per heavy atom. The maximum absolute atomic E-state index is 13.3. The number of aromatic nitrogens is 2. The molecule has 0 aliphatic carbocycles. The number of hydrogen-bond acceptors (Lipinski definition) is 5. The largest absolute Gasteiger partial charge is 0.378 e. The number of imidazole rings is 1. The molecule has 0 bridgehead atoms. The van der Waals surface area contributed by atoms with Crippen LogP contribution in [0.2, 0.25) is 0 Å². The Labute approximate surface area is 197 Å². The number of morpholine rings is 1. The molecule has 0 atom stereocenters. The molecular weight excluding hydrogens is 436 g/mol. The number of carbonyl (C=O) groups excluding carboxylic acids is 2. The summed E-state index contributed by atoms with van der Waals surface area (Å²) in [5, 5.41) is 0. The van der Waals surface area contributed by atoms with Crippen LogP contribution in [0.4, 0.5) is 0 Å². The zero-order valence-corrected chi connectivity index (χ0v) is 19.4. The van der Waals surface area contributed by atoms with Crippen LogP contribution in [-0.2, 0) is 15.3 Å². The van der Waals surface area contributed by atoms with Crippen molar-refractivity contribution in [2.75, 3.05) is 39.4 Å². The number of nitrogens with zero attached hydrogens (tertiary/aromatic N) is 4. The average molecular weight is 465 g/mol. The van der Waals surface area contributed by atoms with Crippen molar-refractivity contribution in [3.8, 4) is 0 Å². The zero-order chi connectivity index (χ0) is 22.6. The van der Waals surface area contributed by atoms with Crippen molar-refractivity contribution in [1.82, 2.24) is 19.2 Å². The first-order valence-corrected chi connectivity index (χ1v) is 12.5. The molecule has 0 spiro atoms. The smallest absolute Gasteiger partial charge is 0.254 e. The van der Waals surface area contributed by atoms with E-state index in [0.717, 1.165) is 34.6 Å². The number of rotatable bonds is 5. The van der Waals surface area contributed by atoms with Gasteiger partial charge in [-0.25, -0.2) is 4.98 Å². The number of hydrogen-bond donors (Lipinski definition) is 0. The van der Waals surface area contributed by atoms with Gasteiger partial charge < -0.3 is 18.9 Å². The number of piperidine rings is 1. The molecule has 7 nitrogen and oxygen atoms in total. The van der Waals surface area contributed by atoms with Gasteiger partial charge in [0.15, 0.2) is 0 Å². The molecule has 0 radical (unpaired) electrons. The molecule has 2 aromatic heterocycles. The molecule has 4 heterocycles. The van der Waals surface area contributed by atoms with Gasteiger partial charge in [0.05, 0.1) is 24.5 Å². The monoisotopic (exact) mass is 464 g/mol. The second kappa shape index (κ2) is 9.97. The van der Waals surface area contributed by atoms with Gasteiger partial charge in [-0.05, 0) is 37.1 Å². The predicted molar refractivity (Wildman–Crippen MR) is 127 cm³/mol. The van der Waals surface area contributed by atoms with Crippen molar-refractivity contribution in [2.45, 2.75) is 23.5 Å². The summed E-state index contributed by atoms with van der Waals surface area (Å²) in [6, 6.07) is 13.7. The van der Waals surface area contributed by atoms with E-state index in [2.05, 4.69) is 4.98 Å². The Morgan fingerprint density at radius 2 is 1.73 bits per heavy atom. The molecule has 3 aromatic rings. The van der Waals surface area contributed by atoms with Gasteiger partial charge in [0.2, 0.25) is 5.91 Å². The zero-order valence-electron chi connectivity index (χ0n) is 18.6. The summed E-state index contributed by atoms with van der Waals surface area (Å²) in [4.78, 5) is 35.6. The van der Waals surface area contributed by atoms with E-state index in [9.17, 15) is 9.59 Å². The van der Waals surface area contributed by atoms with E-state index in [1.807, 2.05) is 69.1 Å². The van der Waals surface area contributed by atoms with E-state index in [0.29, 0.717) is 45.1 Å². The second-order valence-corrected chi connectivity index (χ2v) is 9.50. The number of pyridine rings is 1. The van der Waals surface area contributed by atoms with Crippen molar-refractivity contribution in [3.05, 3.63) is 66.1 Å². The van der Waals surface area contributed by atoms with Gasteiger partial charge in [-0.2, -0.15) is 0 Å². The van der Waals surface area contributed by atoms with E-state index in [4.69, 9.17) is 4.74 Å². The first-order chi connectivity index (χ1) is 16.2. The Bertz CT molecular complexity index is 1100. The average Bonchev–Trinajstić information content (AvgIpc) is 3.30. The van der Waals surface area contributed by atoms with Gasteiger partial charge in [0, 0.05) is 55.1 Å². The minimum absolute atomic E-state index is 0.00631. The number of benzene rings is 1. The fraction of sp³-hybridized carbons (Fsp3) is 0.400. The Kier molecular flexibility index (Phi) is 6.64. The maximum Gasteiger partial charge on any atom is 0.254 e. The van der Waals surface area contributed by atoms with Gasteiger partial charge in [-0.3, -0.25) is 9.59 Å². The van der Waals surface area contributed by atoms with Crippen LogP contribution in [0.5, 0.6) is 0 Å². The van der Waals surface area contributed by atoms with Gasteiger partial charge in [0.25, 0.3) is 5.91 Å². The lowest BCUT2D eigenvalue weighted by atomic mass is 9.94. The minimum atomic E-state index is 0.00631. The molecule has 2 aliphatic rings. The highest BCUT2D eigenvalue weighted by atomic mass is 32.2. The fourth-order valence-corrected chi connectivity index (χ4v) is 5.45. The summed E-state index contributed by atoms with van der Waals surface area (Å²) in [6.45, 7) is 3.82. The lowest BCUT2D eigenvalue weighted by molar-refractivity contribution is -0.141. The third-order valence-electron chi connectivity index (χ3n) is 6.36. The van der Waals surface area contributed by atoms with Crippen molar-refractivity contribution >= 4 is 29.2 Å². The quantitative estimate of drug-likeness (QED) is 0.542. The highest BCUT2D eigenvalue weighted by Gasteiger charge is 2.31. The van der Waals surface area contributed by atoms with Crippen LogP contribution >= 0.6 is 11.8 Å². The standard InChI is InChI=1S/C25H28N4O3S/c30-24(28-13-15-32-16-14-28)19-8-11-27(12-9-19)25(31)21-5-1-2-6-22(21)33-18-20-17-29-10-4-3-7-23(29)26-20/h1-7,10,17,19H,8-9,11-16,18H2. The van der Waals surface area contributed by atoms with Crippen LogP contribution in [0.25, 0.3) is 5.65 Å². The van der Waals surface area contributed by atoms with Crippen LogP contribution < -0.4 is 0 Å². The van der Waals surface area contributed by atoms with Crippen LogP contribution in [0.15, 0.2) is 59.8 Å². The molecule has 8 heteroatoms. The summed E-state index contributed by atoms with van der Waals surface area (Å²) in [5.74, 6) is 0.966. The van der Waals surface area contributed by atoms with Crippen molar-refractivity contribution in [1.29, 1.82) is 0 Å². The van der Waals surface area contributed by atoms with Crippen molar-refractivity contribution in [3.63, 3.8) is 0 Å². The number of likely N-dealkylation sites (tertiary alicyclic amines) is 1. The van der Waals surface area contributed by atoms with Crippen LogP contribution in [0.1, 0.15) is 28.9 Å². The lowest BCUT2D eigenvalue weighted by Crippen LogP contribution is -2.47. The molecule has 0 saturated carbocycles. The molecule has 0 N–H and O–H groups in total. The Hall–Kier alpha value is -2.84. The normalized spacial score (nSPS) is 17.5. The van der Waals surface area contributed by atoms with Gasteiger partial charge >= 0.3 is 0 Å². The first kappa shape index (κ1) is 22.0. The summed E-state index contributed by atoms with van der Waals surface area (Å²) in [7, 11) is 0. The topological polar surface area (TPSA) is 67.2 Å². The van der Waals surface area contributed by atoms with Gasteiger partial charge in [-0.15, -0.1) is 11.8 Å². The molecule has 2 saturated heterocycles. The number of ether oxygens (including phenoxy) is 1. The molecule has 1 aromatic carbocycles. The molecule has 2 aliphatic heterocycles. The Morgan fingerprint density at radius 1 is 0.970 bits per heavy atom. The van der Waals surface area contributed by atoms with Crippen molar-refractivity contribution < 1.29 is 14.3 Å². The molecule has 5 rings (SSSR count). The van der Waals surface area contributed by atoms with Crippen LogP contribution in [-0.4, -0.2) is 70.4 Å². The first-order valence-electron chi connectivity index (χ1n) is 11.5. The highest BCUT2D eigenvalue weighted by molar-refractivity contribution is 7.98. The summed E-state index contributed by atoms with van der Waals surface area (Å²) in [5.41, 5.74) is 2.63. The second-order valence-electron chi connectivity index (χ2n) is 8.49.